The largest absolute Gasteiger partial charge is 0.465 e. The van der Waals surface area contributed by atoms with Gasteiger partial charge in [-0.2, -0.15) is 4.99 Å². The molecule has 2 aromatic carbocycles. The molecule has 0 bridgehead atoms. The van der Waals surface area contributed by atoms with Gasteiger partial charge in [0.25, 0.3) is 0 Å². The normalized spacial score (nSPS) is 12.2. The minimum Gasteiger partial charge on any atom is -0.465 e. The van der Waals surface area contributed by atoms with Crippen LogP contribution in [-0.4, -0.2) is 28.0 Å². The van der Waals surface area contributed by atoms with Crippen molar-refractivity contribution in [3.63, 3.8) is 0 Å². The molecular formula is C22H21N3O3S2. The number of fused-ring (bicyclic) bond motifs is 2. The summed E-state index contributed by atoms with van der Waals surface area (Å²) in [6.07, 6.45) is 0. The first kappa shape index (κ1) is 20.4. The molecule has 0 saturated heterocycles. The topological polar surface area (TPSA) is 73.6 Å². The van der Waals surface area contributed by atoms with Crippen molar-refractivity contribution in [3.8, 4) is 0 Å². The maximum Gasteiger partial charge on any atom is 0.326 e. The number of para-hydroxylation sites is 1. The van der Waals surface area contributed by atoms with Gasteiger partial charge < -0.3 is 9.30 Å². The number of aromatic nitrogens is 2. The van der Waals surface area contributed by atoms with Gasteiger partial charge in [-0.3, -0.25) is 9.59 Å². The second-order valence-electron chi connectivity index (χ2n) is 7.06. The molecule has 0 saturated carbocycles. The molecular weight excluding hydrogens is 418 g/mol. The Hall–Kier alpha value is -2.84. The smallest absolute Gasteiger partial charge is 0.326 e. The molecule has 0 aliphatic carbocycles. The Morgan fingerprint density at radius 3 is 2.67 bits per heavy atom. The van der Waals surface area contributed by atoms with Crippen LogP contribution in [0.3, 0.4) is 0 Å². The molecule has 30 heavy (non-hydrogen) atoms. The molecule has 0 radical (unpaired) electrons. The number of ether oxygens (including phenoxy) is 1. The molecule has 8 heteroatoms. The highest BCUT2D eigenvalue weighted by molar-refractivity contribution is 7.20. The molecule has 154 valence electrons. The van der Waals surface area contributed by atoms with Gasteiger partial charge in [0, 0.05) is 0 Å². The van der Waals surface area contributed by atoms with E-state index in [9.17, 15) is 9.59 Å². The third-order valence-corrected chi connectivity index (χ3v) is 6.71. The van der Waals surface area contributed by atoms with Gasteiger partial charge in [-0.15, -0.1) is 11.3 Å². The number of thiazole rings is 2. The highest BCUT2D eigenvalue weighted by atomic mass is 32.1. The molecule has 6 nitrogen and oxygen atoms in total. The van der Waals surface area contributed by atoms with Crippen molar-refractivity contribution in [2.75, 3.05) is 6.61 Å². The molecule has 0 N–H and O–H groups in total. The summed E-state index contributed by atoms with van der Waals surface area (Å²) in [5, 5.41) is 0.333. The molecule has 0 spiro atoms. The molecule has 0 aliphatic rings. The average molecular weight is 440 g/mol. The van der Waals surface area contributed by atoms with E-state index in [0.29, 0.717) is 22.3 Å². The number of rotatable bonds is 5. The minimum atomic E-state index is -0.413. The van der Waals surface area contributed by atoms with Gasteiger partial charge in [0.05, 0.1) is 27.0 Å². The van der Waals surface area contributed by atoms with E-state index in [2.05, 4.69) is 29.9 Å². The van der Waals surface area contributed by atoms with Crippen LogP contribution >= 0.6 is 22.7 Å². The Labute approximate surface area is 181 Å². The van der Waals surface area contributed by atoms with E-state index in [-0.39, 0.29) is 12.5 Å². The molecule has 4 aromatic rings. The standard InChI is InChI=1S/C22H21N3O3S2/c1-4-28-19(26)12-25-16-10-9-14(13(2)3)11-18(16)30-22(25)24-20(27)21-23-15-7-5-6-8-17(15)29-21/h5-11,13H,4,12H2,1-3H3. The van der Waals surface area contributed by atoms with Crippen LogP contribution in [0.5, 0.6) is 0 Å². The first-order valence-electron chi connectivity index (χ1n) is 9.69. The number of carbonyl (C=O) groups is 2. The maximum atomic E-state index is 12.9. The summed E-state index contributed by atoms with van der Waals surface area (Å²) < 4.78 is 8.77. The fourth-order valence-corrected chi connectivity index (χ4v) is 5.05. The predicted molar refractivity (Wildman–Crippen MR) is 120 cm³/mol. The molecule has 2 heterocycles. The summed E-state index contributed by atoms with van der Waals surface area (Å²) in [4.78, 5) is 34.2. The monoisotopic (exact) mass is 439 g/mol. The van der Waals surface area contributed by atoms with Gasteiger partial charge in [-0.1, -0.05) is 43.4 Å². The lowest BCUT2D eigenvalue weighted by Gasteiger charge is -2.07. The summed E-state index contributed by atoms with van der Waals surface area (Å²) in [6.45, 7) is 6.33. The summed E-state index contributed by atoms with van der Waals surface area (Å²) in [5.41, 5.74) is 2.82. The summed E-state index contributed by atoms with van der Waals surface area (Å²) >= 11 is 2.71. The molecule has 4 rings (SSSR count). The van der Waals surface area contributed by atoms with Crippen LogP contribution in [0.1, 0.15) is 42.1 Å². The van der Waals surface area contributed by atoms with Crippen molar-refractivity contribution >= 4 is 55.0 Å². The first-order chi connectivity index (χ1) is 14.5. The molecule has 0 aliphatic heterocycles. The summed E-state index contributed by atoms with van der Waals surface area (Å²) in [5.74, 6) is -0.400. The van der Waals surface area contributed by atoms with Crippen molar-refractivity contribution < 1.29 is 14.3 Å². The molecule has 0 unspecified atom stereocenters. The van der Waals surface area contributed by atoms with Gasteiger partial charge in [0.1, 0.15) is 6.54 Å². The lowest BCUT2D eigenvalue weighted by Crippen LogP contribution is -2.23. The first-order valence-corrected chi connectivity index (χ1v) is 11.3. The second-order valence-corrected chi connectivity index (χ2v) is 9.10. The molecule has 1 amide bonds. The van der Waals surface area contributed by atoms with Gasteiger partial charge in [-0.25, -0.2) is 4.98 Å². The highest BCUT2D eigenvalue weighted by Crippen LogP contribution is 2.25. The van der Waals surface area contributed by atoms with E-state index < -0.39 is 5.91 Å². The molecule has 0 atom stereocenters. The SMILES string of the molecule is CCOC(=O)Cn1c(=NC(=O)c2nc3ccccc3s2)sc2cc(C(C)C)ccc21. The number of hydrogen-bond donors (Lipinski definition) is 0. The highest BCUT2D eigenvalue weighted by Gasteiger charge is 2.16. The third-order valence-electron chi connectivity index (χ3n) is 4.64. The van der Waals surface area contributed by atoms with Crippen molar-refractivity contribution in [1.82, 2.24) is 9.55 Å². The second kappa shape index (κ2) is 8.49. The summed E-state index contributed by atoms with van der Waals surface area (Å²) in [6, 6.07) is 13.7. The zero-order valence-corrected chi connectivity index (χ0v) is 18.5. The van der Waals surface area contributed by atoms with Gasteiger partial charge in [0.2, 0.25) is 0 Å². The number of nitrogens with zero attached hydrogens (tertiary/aromatic N) is 3. The minimum absolute atomic E-state index is 0.000817. The fraction of sp³-hybridized carbons (Fsp3) is 0.273. The van der Waals surface area contributed by atoms with Crippen LogP contribution < -0.4 is 4.80 Å². The van der Waals surface area contributed by atoms with Crippen LogP contribution in [0, 0.1) is 0 Å². The average Bonchev–Trinajstić information content (AvgIpc) is 3.29. The van der Waals surface area contributed by atoms with Crippen molar-refractivity contribution in [2.24, 2.45) is 4.99 Å². The van der Waals surface area contributed by atoms with E-state index in [0.717, 1.165) is 20.4 Å². The van der Waals surface area contributed by atoms with Crippen LogP contribution in [-0.2, 0) is 16.1 Å². The van der Waals surface area contributed by atoms with E-state index in [1.54, 1.807) is 11.5 Å². The number of carbonyl (C=O) groups excluding carboxylic acids is 2. The number of benzene rings is 2. The van der Waals surface area contributed by atoms with Crippen LogP contribution in [0.15, 0.2) is 47.5 Å². The van der Waals surface area contributed by atoms with Crippen LogP contribution in [0.25, 0.3) is 20.4 Å². The van der Waals surface area contributed by atoms with Crippen molar-refractivity contribution in [2.45, 2.75) is 33.2 Å². The van der Waals surface area contributed by atoms with Crippen LogP contribution in [0.2, 0.25) is 0 Å². The lowest BCUT2D eigenvalue weighted by atomic mass is 10.0. The Balaban J connectivity index is 1.82. The zero-order chi connectivity index (χ0) is 21.3. The zero-order valence-electron chi connectivity index (χ0n) is 16.9. The van der Waals surface area contributed by atoms with Crippen LogP contribution in [0.4, 0.5) is 0 Å². The predicted octanol–water partition coefficient (Wildman–Crippen LogP) is 4.74. The van der Waals surface area contributed by atoms with Crippen molar-refractivity contribution in [1.29, 1.82) is 0 Å². The van der Waals surface area contributed by atoms with Gasteiger partial charge in [0.15, 0.2) is 9.81 Å². The Kier molecular flexibility index (Phi) is 5.78. The third kappa shape index (κ3) is 4.06. The van der Waals surface area contributed by atoms with Gasteiger partial charge >= 0.3 is 11.9 Å². The Bertz CT molecular complexity index is 1280. The maximum absolute atomic E-state index is 12.9. The van der Waals surface area contributed by atoms with E-state index in [1.165, 1.54) is 28.2 Å². The Morgan fingerprint density at radius 2 is 1.93 bits per heavy atom. The van der Waals surface area contributed by atoms with E-state index >= 15 is 0 Å². The number of amides is 1. The molecule has 0 fully saturated rings. The van der Waals surface area contributed by atoms with E-state index in [1.807, 2.05) is 36.4 Å². The number of hydrogen-bond acceptors (Lipinski definition) is 6. The van der Waals surface area contributed by atoms with Gasteiger partial charge in [-0.05, 0) is 42.7 Å². The summed E-state index contributed by atoms with van der Waals surface area (Å²) in [7, 11) is 0. The Morgan fingerprint density at radius 1 is 1.13 bits per heavy atom. The lowest BCUT2D eigenvalue weighted by molar-refractivity contribution is -0.143. The van der Waals surface area contributed by atoms with Crippen molar-refractivity contribution in [3.05, 3.63) is 57.8 Å². The van der Waals surface area contributed by atoms with E-state index in [4.69, 9.17) is 4.74 Å². The fourth-order valence-electron chi connectivity index (χ4n) is 3.12. The quantitative estimate of drug-likeness (QED) is 0.421. The molecule has 2 aromatic heterocycles. The number of esters is 1.